The van der Waals surface area contributed by atoms with E-state index in [-0.39, 0.29) is 12.3 Å². The fourth-order valence-corrected chi connectivity index (χ4v) is 5.23. The van der Waals surface area contributed by atoms with Crippen molar-refractivity contribution < 1.29 is 19.1 Å². The van der Waals surface area contributed by atoms with Gasteiger partial charge in [0.15, 0.2) is 0 Å². The summed E-state index contributed by atoms with van der Waals surface area (Å²) in [5.41, 5.74) is 1.23. The number of amides is 1. The molecule has 1 N–H and O–H groups in total. The highest BCUT2D eigenvalue weighted by molar-refractivity contribution is 5.97. The lowest BCUT2D eigenvalue weighted by Gasteiger charge is -2.39. The summed E-state index contributed by atoms with van der Waals surface area (Å²) in [6.45, 7) is 2.65. The molecule has 2 saturated heterocycles. The van der Waals surface area contributed by atoms with Gasteiger partial charge in [-0.3, -0.25) is 9.59 Å². The number of carbonyl (C=O) groups is 2. The summed E-state index contributed by atoms with van der Waals surface area (Å²) in [4.78, 5) is 26.2. The van der Waals surface area contributed by atoms with Gasteiger partial charge in [0.25, 0.3) is 5.91 Å². The molecule has 0 spiro atoms. The van der Waals surface area contributed by atoms with Crippen LogP contribution >= 0.6 is 0 Å². The van der Waals surface area contributed by atoms with E-state index in [1.807, 2.05) is 11.8 Å². The molecule has 5 rings (SSSR count). The van der Waals surface area contributed by atoms with Crippen LogP contribution in [0.5, 0.6) is 0 Å². The summed E-state index contributed by atoms with van der Waals surface area (Å²) in [6.07, 6.45) is 7.35. The van der Waals surface area contributed by atoms with Crippen LogP contribution in [0.1, 0.15) is 53.8 Å². The van der Waals surface area contributed by atoms with E-state index in [1.165, 1.54) is 25.5 Å². The molecule has 1 aromatic rings. The average molecular weight is 317 g/mol. The summed E-state index contributed by atoms with van der Waals surface area (Å²) in [5.74, 6) is 1.47. The van der Waals surface area contributed by atoms with E-state index in [2.05, 4.69) is 0 Å². The minimum Gasteiger partial charge on any atom is -0.481 e. The van der Waals surface area contributed by atoms with Crippen molar-refractivity contribution in [3.8, 4) is 0 Å². The van der Waals surface area contributed by atoms with Crippen LogP contribution in [0.15, 0.2) is 10.7 Å². The number of furan rings is 1. The first-order valence-corrected chi connectivity index (χ1v) is 8.61. The highest BCUT2D eigenvalue weighted by atomic mass is 16.4. The molecule has 2 aliphatic carbocycles. The van der Waals surface area contributed by atoms with Crippen LogP contribution in [0.4, 0.5) is 0 Å². The van der Waals surface area contributed by atoms with E-state index in [0.717, 1.165) is 36.8 Å². The molecule has 5 nitrogen and oxygen atoms in total. The van der Waals surface area contributed by atoms with Crippen molar-refractivity contribution in [1.82, 2.24) is 4.90 Å². The second-order valence-electron chi connectivity index (χ2n) is 7.68. The summed E-state index contributed by atoms with van der Waals surface area (Å²) < 4.78 is 5.36. The Balaban J connectivity index is 1.64. The number of carboxylic acids is 1. The second kappa shape index (κ2) is 5.39. The van der Waals surface area contributed by atoms with Crippen molar-refractivity contribution in [2.45, 2.75) is 51.5 Å². The lowest BCUT2D eigenvalue weighted by molar-refractivity contribution is -0.136. The number of rotatable bonds is 3. The molecule has 2 unspecified atom stereocenters. The Bertz CT molecular complexity index is 635. The average Bonchev–Trinajstić information content (AvgIpc) is 2.70. The minimum atomic E-state index is -0.968. The van der Waals surface area contributed by atoms with Crippen LogP contribution in [-0.2, 0) is 11.2 Å². The molecule has 4 fully saturated rings. The van der Waals surface area contributed by atoms with Gasteiger partial charge in [-0.1, -0.05) is 0 Å². The van der Waals surface area contributed by atoms with Gasteiger partial charge in [-0.15, -0.1) is 0 Å². The summed E-state index contributed by atoms with van der Waals surface area (Å²) in [5, 5.41) is 9.04. The Morgan fingerprint density at radius 1 is 1.17 bits per heavy atom. The van der Waals surface area contributed by atoms with Crippen molar-refractivity contribution in [2.24, 2.45) is 17.8 Å². The standard InChI is InChI=1S/C18H23NO4/c1-10-9-23-15(7-16(20)21)17(10)18(22)19-8-13-3-11-2-12(4-13)6-14(19)5-11/h9,11-14H,2-8H2,1H3,(H,20,21). The number of carbonyl (C=O) groups excluding carboxylic acids is 1. The molecular formula is C18H23NO4. The maximum atomic E-state index is 13.2. The zero-order valence-electron chi connectivity index (χ0n) is 13.5. The third-order valence-electron chi connectivity index (χ3n) is 5.94. The predicted molar refractivity (Wildman–Crippen MR) is 83.2 cm³/mol. The van der Waals surface area contributed by atoms with Gasteiger partial charge in [0.05, 0.1) is 11.8 Å². The Morgan fingerprint density at radius 2 is 1.83 bits per heavy atom. The number of hydrogen-bond acceptors (Lipinski definition) is 3. The SMILES string of the molecule is Cc1coc(CC(=O)O)c1C(=O)N1CC2CC3CC(C2)CC1C3. The first-order chi connectivity index (χ1) is 11.0. The lowest BCUT2D eigenvalue weighted by atomic mass is 9.68. The highest BCUT2D eigenvalue weighted by Crippen LogP contribution is 2.47. The molecule has 124 valence electrons. The largest absolute Gasteiger partial charge is 0.481 e. The Kier molecular flexibility index (Phi) is 3.47. The van der Waals surface area contributed by atoms with E-state index in [0.29, 0.717) is 23.3 Å². The third kappa shape index (κ3) is 2.56. The van der Waals surface area contributed by atoms with Crippen LogP contribution in [0.3, 0.4) is 0 Å². The van der Waals surface area contributed by atoms with Crippen LogP contribution in [-0.4, -0.2) is 34.5 Å². The quantitative estimate of drug-likeness (QED) is 0.930. The van der Waals surface area contributed by atoms with Crippen LogP contribution in [0.2, 0.25) is 0 Å². The van der Waals surface area contributed by atoms with Crippen molar-refractivity contribution in [3.05, 3.63) is 23.2 Å². The van der Waals surface area contributed by atoms with Gasteiger partial charge in [0, 0.05) is 18.2 Å². The Morgan fingerprint density at radius 3 is 2.48 bits per heavy atom. The molecule has 0 radical (unpaired) electrons. The van der Waals surface area contributed by atoms with Gasteiger partial charge < -0.3 is 14.4 Å². The zero-order chi connectivity index (χ0) is 16.1. The molecule has 2 aliphatic heterocycles. The Labute approximate surface area is 135 Å². The Hall–Kier alpha value is -1.78. The smallest absolute Gasteiger partial charge is 0.311 e. The van der Waals surface area contributed by atoms with Gasteiger partial charge in [0.2, 0.25) is 0 Å². The monoisotopic (exact) mass is 317 g/mol. The molecular weight excluding hydrogens is 294 g/mol. The third-order valence-corrected chi connectivity index (χ3v) is 5.94. The van der Waals surface area contributed by atoms with E-state index >= 15 is 0 Å². The van der Waals surface area contributed by atoms with Crippen molar-refractivity contribution >= 4 is 11.9 Å². The first-order valence-electron chi connectivity index (χ1n) is 8.61. The summed E-state index contributed by atoms with van der Waals surface area (Å²) >= 11 is 0. The van der Waals surface area contributed by atoms with Crippen LogP contribution < -0.4 is 0 Å². The molecule has 1 amide bonds. The molecule has 5 heteroatoms. The second-order valence-corrected chi connectivity index (χ2v) is 7.68. The lowest BCUT2D eigenvalue weighted by Crippen LogP contribution is -2.42. The maximum Gasteiger partial charge on any atom is 0.311 e. The molecule has 1 aromatic heterocycles. The van der Waals surface area contributed by atoms with Gasteiger partial charge in [-0.05, 0) is 56.8 Å². The number of carboxylic acid groups (broad SMARTS) is 1. The topological polar surface area (TPSA) is 70.7 Å². The van der Waals surface area contributed by atoms with Gasteiger partial charge in [-0.25, -0.2) is 0 Å². The fourth-order valence-electron chi connectivity index (χ4n) is 5.23. The van der Waals surface area contributed by atoms with E-state index < -0.39 is 5.97 Å². The molecule has 0 aromatic carbocycles. The van der Waals surface area contributed by atoms with E-state index in [4.69, 9.17) is 9.52 Å². The minimum absolute atomic E-state index is 0.0225. The summed E-state index contributed by atoms with van der Waals surface area (Å²) in [7, 11) is 0. The summed E-state index contributed by atoms with van der Waals surface area (Å²) in [6, 6.07) is 0.325. The van der Waals surface area contributed by atoms with E-state index in [9.17, 15) is 9.59 Å². The molecule has 23 heavy (non-hydrogen) atoms. The number of aryl methyl sites for hydroxylation is 1. The predicted octanol–water partition coefficient (Wildman–Crippen LogP) is 2.87. The molecule has 2 saturated carbocycles. The van der Waals surface area contributed by atoms with Crippen LogP contribution in [0.25, 0.3) is 0 Å². The molecule has 4 bridgehead atoms. The number of nitrogens with zero attached hydrogens (tertiary/aromatic N) is 1. The van der Waals surface area contributed by atoms with Crippen molar-refractivity contribution in [3.63, 3.8) is 0 Å². The maximum absolute atomic E-state index is 13.2. The number of hydrogen-bond donors (Lipinski definition) is 1. The van der Waals surface area contributed by atoms with Gasteiger partial charge in [-0.2, -0.15) is 0 Å². The van der Waals surface area contributed by atoms with Crippen LogP contribution in [0, 0.1) is 24.7 Å². The molecule has 4 aliphatic rings. The normalized spacial score (nSPS) is 32.1. The van der Waals surface area contributed by atoms with E-state index in [1.54, 1.807) is 0 Å². The number of aliphatic carboxylic acids is 1. The van der Waals surface area contributed by atoms with Crippen molar-refractivity contribution in [2.75, 3.05) is 6.54 Å². The molecule has 2 atom stereocenters. The van der Waals surface area contributed by atoms with Gasteiger partial charge >= 0.3 is 5.97 Å². The van der Waals surface area contributed by atoms with Gasteiger partial charge in [0.1, 0.15) is 12.2 Å². The first kappa shape index (κ1) is 14.8. The molecule has 3 heterocycles. The van der Waals surface area contributed by atoms with Crippen molar-refractivity contribution in [1.29, 1.82) is 0 Å². The zero-order valence-corrected chi connectivity index (χ0v) is 13.5. The number of fused-ring (bicyclic) bond motifs is 1. The highest BCUT2D eigenvalue weighted by Gasteiger charge is 2.44. The fraction of sp³-hybridized carbons (Fsp3) is 0.667.